The van der Waals surface area contributed by atoms with Crippen LogP contribution in [0.1, 0.15) is 19.3 Å². The first-order chi connectivity index (χ1) is 5.47. The minimum atomic E-state index is -4.62. The van der Waals surface area contributed by atoms with Gasteiger partial charge in [-0.05, 0) is 12.3 Å². The van der Waals surface area contributed by atoms with Crippen LogP contribution in [-0.4, -0.2) is 24.2 Å². The molecule has 0 heterocycles. The third-order valence-corrected chi connectivity index (χ3v) is 1.74. The molecule has 1 aliphatic carbocycles. The van der Waals surface area contributed by atoms with Crippen LogP contribution >= 0.6 is 0 Å². The van der Waals surface area contributed by atoms with Crippen molar-refractivity contribution in [1.29, 1.82) is 0 Å². The number of ether oxygens (including phenoxy) is 1. The van der Waals surface area contributed by atoms with Gasteiger partial charge in [0, 0.05) is 0 Å². The summed E-state index contributed by atoms with van der Waals surface area (Å²) in [6, 6.07) is 0. The van der Waals surface area contributed by atoms with Crippen molar-refractivity contribution < 1.29 is 23.0 Å². The predicted octanol–water partition coefficient (Wildman–Crippen LogP) is 1.68. The van der Waals surface area contributed by atoms with E-state index in [9.17, 15) is 13.2 Å². The monoisotopic (exact) mass is 184 g/mol. The summed E-state index contributed by atoms with van der Waals surface area (Å²) in [5.41, 5.74) is 0. The summed E-state index contributed by atoms with van der Waals surface area (Å²) >= 11 is 0. The first-order valence-corrected chi connectivity index (χ1v) is 3.86. The van der Waals surface area contributed by atoms with E-state index in [1.165, 1.54) is 0 Å². The molecule has 0 bridgehead atoms. The van der Waals surface area contributed by atoms with E-state index in [1.807, 2.05) is 0 Å². The van der Waals surface area contributed by atoms with Crippen LogP contribution < -0.4 is 0 Å². The lowest BCUT2D eigenvalue weighted by molar-refractivity contribution is -0.330. The van der Waals surface area contributed by atoms with Gasteiger partial charge < -0.3 is 5.11 Å². The lowest BCUT2D eigenvalue weighted by Gasteiger charge is -2.11. The molecule has 1 unspecified atom stereocenters. The van der Waals surface area contributed by atoms with Gasteiger partial charge >= 0.3 is 6.36 Å². The number of rotatable bonds is 4. The van der Waals surface area contributed by atoms with Gasteiger partial charge in [0.2, 0.25) is 0 Å². The molecule has 0 aliphatic heterocycles. The molecule has 1 saturated carbocycles. The highest BCUT2D eigenvalue weighted by Gasteiger charge is 2.31. The molecule has 0 radical (unpaired) electrons. The van der Waals surface area contributed by atoms with Crippen molar-refractivity contribution in [2.75, 3.05) is 6.61 Å². The maximum atomic E-state index is 11.4. The van der Waals surface area contributed by atoms with Crippen molar-refractivity contribution in [2.24, 2.45) is 5.92 Å². The van der Waals surface area contributed by atoms with Crippen molar-refractivity contribution in [2.45, 2.75) is 31.7 Å². The number of aliphatic hydroxyl groups excluding tert-OH is 1. The lowest BCUT2D eigenvalue weighted by atomic mass is 10.2. The summed E-state index contributed by atoms with van der Waals surface area (Å²) in [7, 11) is 0. The molecule has 0 amide bonds. The molecule has 5 heteroatoms. The maximum absolute atomic E-state index is 11.4. The summed E-state index contributed by atoms with van der Waals surface area (Å²) < 4.78 is 37.8. The third-order valence-electron chi connectivity index (χ3n) is 1.74. The minimum Gasteiger partial charge on any atom is -0.391 e. The largest absolute Gasteiger partial charge is 0.522 e. The Bertz CT molecular complexity index is 142. The smallest absolute Gasteiger partial charge is 0.391 e. The molecule has 1 rings (SSSR count). The fraction of sp³-hybridized carbons (Fsp3) is 1.00. The lowest BCUT2D eigenvalue weighted by Crippen LogP contribution is -2.23. The molecule has 1 fully saturated rings. The molecule has 12 heavy (non-hydrogen) atoms. The Labute approximate surface area is 68.3 Å². The number of hydrogen-bond acceptors (Lipinski definition) is 2. The first kappa shape index (κ1) is 9.80. The van der Waals surface area contributed by atoms with Gasteiger partial charge in [-0.15, -0.1) is 13.2 Å². The first-order valence-electron chi connectivity index (χ1n) is 3.86. The average Bonchev–Trinajstić information content (AvgIpc) is 2.66. The van der Waals surface area contributed by atoms with E-state index in [2.05, 4.69) is 4.74 Å². The zero-order valence-corrected chi connectivity index (χ0v) is 6.47. The maximum Gasteiger partial charge on any atom is 0.522 e. The van der Waals surface area contributed by atoms with Crippen LogP contribution in [-0.2, 0) is 4.74 Å². The van der Waals surface area contributed by atoms with E-state index in [0.29, 0.717) is 12.3 Å². The Morgan fingerprint density at radius 2 is 2.00 bits per heavy atom. The Morgan fingerprint density at radius 3 is 2.42 bits per heavy atom. The van der Waals surface area contributed by atoms with Gasteiger partial charge in [0.05, 0.1) is 12.7 Å². The number of halogens is 3. The van der Waals surface area contributed by atoms with E-state index in [4.69, 9.17) is 5.11 Å². The molecule has 0 aromatic rings. The fourth-order valence-corrected chi connectivity index (χ4v) is 0.997. The van der Waals surface area contributed by atoms with Gasteiger partial charge in [0.25, 0.3) is 0 Å². The molecule has 72 valence electrons. The van der Waals surface area contributed by atoms with Crippen molar-refractivity contribution >= 4 is 0 Å². The van der Waals surface area contributed by atoms with Crippen LogP contribution in [0.3, 0.4) is 0 Å². The molecule has 0 aromatic heterocycles. The topological polar surface area (TPSA) is 29.5 Å². The number of aliphatic hydroxyl groups is 1. The molecular weight excluding hydrogens is 173 g/mol. The van der Waals surface area contributed by atoms with Crippen LogP contribution in [0.25, 0.3) is 0 Å². The summed E-state index contributed by atoms with van der Waals surface area (Å²) in [6.45, 7) is -0.639. The Morgan fingerprint density at radius 1 is 1.42 bits per heavy atom. The molecule has 1 N–H and O–H groups in total. The number of hydrogen-bond donors (Lipinski definition) is 1. The van der Waals surface area contributed by atoms with Gasteiger partial charge in [-0.2, -0.15) is 0 Å². The number of alkyl halides is 3. The quantitative estimate of drug-likeness (QED) is 0.720. The fourth-order valence-electron chi connectivity index (χ4n) is 0.997. The second-order valence-corrected chi connectivity index (χ2v) is 3.09. The van der Waals surface area contributed by atoms with E-state index >= 15 is 0 Å². The minimum absolute atomic E-state index is 0.414. The molecule has 0 spiro atoms. The molecular formula is C7H11F3O2. The van der Waals surface area contributed by atoms with Crippen LogP contribution in [0.2, 0.25) is 0 Å². The van der Waals surface area contributed by atoms with Gasteiger partial charge in [0.15, 0.2) is 0 Å². The highest BCUT2D eigenvalue weighted by molar-refractivity contribution is 4.76. The highest BCUT2D eigenvalue weighted by atomic mass is 19.4. The summed E-state index contributed by atoms with van der Waals surface area (Å²) in [5, 5.41) is 9.00. The van der Waals surface area contributed by atoms with Gasteiger partial charge in [0.1, 0.15) is 0 Å². The van der Waals surface area contributed by atoms with E-state index < -0.39 is 19.1 Å². The van der Waals surface area contributed by atoms with E-state index in [-0.39, 0.29) is 0 Å². The van der Waals surface area contributed by atoms with Crippen LogP contribution in [0, 0.1) is 5.92 Å². The molecule has 0 saturated heterocycles. The van der Waals surface area contributed by atoms with Crippen molar-refractivity contribution in [3.8, 4) is 0 Å². The van der Waals surface area contributed by atoms with Crippen LogP contribution in [0.5, 0.6) is 0 Å². The van der Waals surface area contributed by atoms with Crippen molar-refractivity contribution in [3.63, 3.8) is 0 Å². The van der Waals surface area contributed by atoms with E-state index in [0.717, 1.165) is 12.8 Å². The predicted molar refractivity (Wildman–Crippen MR) is 35.4 cm³/mol. The molecule has 0 aromatic carbocycles. The van der Waals surface area contributed by atoms with Crippen molar-refractivity contribution in [1.82, 2.24) is 0 Å². The van der Waals surface area contributed by atoms with Gasteiger partial charge in [-0.3, -0.25) is 4.74 Å². The summed E-state index contributed by atoms with van der Waals surface area (Å²) in [4.78, 5) is 0. The molecule has 1 atom stereocenters. The standard InChI is InChI=1S/C7H11F3O2/c8-7(9,10)12-4-6(11)3-5-1-2-5/h5-6,11H,1-4H2. The Hall–Kier alpha value is -0.290. The normalized spacial score (nSPS) is 21.0. The average molecular weight is 184 g/mol. The second-order valence-electron chi connectivity index (χ2n) is 3.09. The highest BCUT2D eigenvalue weighted by Crippen LogP contribution is 2.33. The van der Waals surface area contributed by atoms with Crippen molar-refractivity contribution in [3.05, 3.63) is 0 Å². The SMILES string of the molecule is OC(COC(F)(F)F)CC1CC1. The van der Waals surface area contributed by atoms with Crippen LogP contribution in [0.15, 0.2) is 0 Å². The van der Waals surface area contributed by atoms with Gasteiger partial charge in [-0.1, -0.05) is 12.8 Å². The van der Waals surface area contributed by atoms with Crippen LogP contribution in [0.4, 0.5) is 13.2 Å². The van der Waals surface area contributed by atoms with E-state index in [1.54, 1.807) is 0 Å². The van der Waals surface area contributed by atoms with Gasteiger partial charge in [-0.25, -0.2) is 0 Å². The zero-order valence-electron chi connectivity index (χ0n) is 6.47. The second kappa shape index (κ2) is 3.62. The third kappa shape index (κ3) is 4.56. The Kier molecular flexibility index (Phi) is 2.95. The molecule has 2 nitrogen and oxygen atoms in total. The molecule has 1 aliphatic rings. The Balaban J connectivity index is 2.04. The summed E-state index contributed by atoms with van der Waals surface area (Å²) in [5.74, 6) is 0.414. The summed E-state index contributed by atoms with van der Waals surface area (Å²) in [6.07, 6.45) is -3.13. The zero-order chi connectivity index (χ0) is 9.19.